The Morgan fingerprint density at radius 1 is 1.34 bits per heavy atom. The Kier molecular flexibility index (Phi) is 6.05. The number of carbonyl (C=O) groups excluding carboxylic acids is 1. The zero-order valence-electron chi connectivity index (χ0n) is 17.8. The van der Waals surface area contributed by atoms with Gasteiger partial charge < -0.3 is 19.9 Å². The summed E-state index contributed by atoms with van der Waals surface area (Å²) in [6.45, 7) is 1.04. The van der Waals surface area contributed by atoms with E-state index in [0.29, 0.717) is 12.0 Å². The molecule has 8 nitrogen and oxygen atoms in total. The lowest BCUT2D eigenvalue weighted by Crippen LogP contribution is -2.55. The predicted octanol–water partition coefficient (Wildman–Crippen LogP) is 2.35. The van der Waals surface area contributed by atoms with Crippen molar-refractivity contribution in [1.29, 1.82) is 0 Å². The fourth-order valence-electron chi connectivity index (χ4n) is 4.29. The first-order chi connectivity index (χ1) is 15.4. The van der Waals surface area contributed by atoms with E-state index in [9.17, 15) is 9.18 Å². The number of hydrogen-bond acceptors (Lipinski definition) is 8. The minimum atomic E-state index is -1.60. The van der Waals surface area contributed by atoms with Gasteiger partial charge in [-0.05, 0) is 24.6 Å². The maximum atomic E-state index is 15.0. The number of halogens is 2. The largest absolute Gasteiger partial charge is 0.480 e. The molecule has 10 heteroatoms. The average Bonchev–Trinajstić information content (AvgIpc) is 2.79. The van der Waals surface area contributed by atoms with Crippen molar-refractivity contribution in [3.8, 4) is 5.88 Å². The molecular formula is C22H24F2N4O4. The highest BCUT2D eigenvalue weighted by atomic mass is 19.1. The van der Waals surface area contributed by atoms with Gasteiger partial charge >= 0.3 is 0 Å². The van der Waals surface area contributed by atoms with E-state index in [1.165, 1.54) is 37.7 Å². The Morgan fingerprint density at radius 3 is 2.84 bits per heavy atom. The molecule has 1 fully saturated rings. The lowest BCUT2D eigenvalue weighted by atomic mass is 9.73. The summed E-state index contributed by atoms with van der Waals surface area (Å²) in [5.74, 6) is -1.25. The minimum Gasteiger partial charge on any atom is -0.480 e. The van der Waals surface area contributed by atoms with Crippen molar-refractivity contribution in [2.45, 2.75) is 37.5 Å². The van der Waals surface area contributed by atoms with Crippen molar-refractivity contribution in [2.24, 2.45) is 16.6 Å². The SMILES string of the molecule is COc1cnc(C(=O)Cc2ccc(F)c([C@@]3(CF)N=C(N)O[C@@H]4C[C@@H](C)OC[C@@H]43)c2)cn1. The first-order valence-electron chi connectivity index (χ1n) is 10.2. The number of nitrogens with zero attached hydrogens (tertiary/aromatic N) is 3. The summed E-state index contributed by atoms with van der Waals surface area (Å²) in [5.41, 5.74) is 4.90. The number of alkyl halides is 1. The Labute approximate surface area is 183 Å². The van der Waals surface area contributed by atoms with Crippen LogP contribution >= 0.6 is 0 Å². The van der Waals surface area contributed by atoms with Crippen LogP contribution < -0.4 is 10.5 Å². The standard InChI is InChI=1S/C22H24F2N4O4/c1-12-5-19-15(10-31-12)22(11-23,28-21(25)32-19)14-6-13(3-4-16(14)24)7-18(29)17-8-27-20(30-2)9-26-17/h3-4,6,8-9,12,15,19H,5,7,10-11H2,1-2H3,(H2,25,28)/t12-,15+,19-,22-/m1/s1. The fraction of sp³-hybridized carbons (Fsp3) is 0.455. The third-order valence-corrected chi connectivity index (χ3v) is 5.96. The molecule has 0 saturated carbocycles. The number of fused-ring (bicyclic) bond motifs is 1. The van der Waals surface area contributed by atoms with Crippen LogP contribution in [0.5, 0.6) is 5.88 Å². The van der Waals surface area contributed by atoms with Gasteiger partial charge in [-0.15, -0.1) is 0 Å². The molecule has 2 aliphatic rings. The van der Waals surface area contributed by atoms with Crippen LogP contribution in [0, 0.1) is 11.7 Å². The van der Waals surface area contributed by atoms with Gasteiger partial charge in [0, 0.05) is 18.4 Å². The van der Waals surface area contributed by atoms with Crippen LogP contribution in [0.3, 0.4) is 0 Å². The van der Waals surface area contributed by atoms with Crippen molar-refractivity contribution in [3.63, 3.8) is 0 Å². The summed E-state index contributed by atoms with van der Waals surface area (Å²) >= 11 is 0. The van der Waals surface area contributed by atoms with E-state index in [1.54, 1.807) is 0 Å². The molecule has 0 spiro atoms. The lowest BCUT2D eigenvalue weighted by molar-refractivity contribution is -0.109. The molecule has 3 heterocycles. The molecule has 2 N–H and O–H groups in total. The third-order valence-electron chi connectivity index (χ3n) is 5.96. The molecule has 4 rings (SSSR count). The van der Waals surface area contributed by atoms with Gasteiger partial charge in [0.05, 0.1) is 38.1 Å². The second kappa shape index (κ2) is 8.78. The summed E-state index contributed by atoms with van der Waals surface area (Å²) in [4.78, 5) is 24.9. The molecule has 0 unspecified atom stereocenters. The normalized spacial score (nSPS) is 27.1. The topological polar surface area (TPSA) is 109 Å². The van der Waals surface area contributed by atoms with Crippen molar-refractivity contribution in [1.82, 2.24) is 9.97 Å². The molecule has 1 aromatic carbocycles. The molecule has 0 amide bonds. The van der Waals surface area contributed by atoms with Crippen molar-refractivity contribution in [3.05, 3.63) is 53.2 Å². The van der Waals surface area contributed by atoms with Gasteiger partial charge in [0.2, 0.25) is 5.88 Å². The lowest BCUT2D eigenvalue weighted by Gasteiger charge is -2.46. The van der Waals surface area contributed by atoms with Crippen LogP contribution in [0.4, 0.5) is 8.78 Å². The van der Waals surface area contributed by atoms with Crippen LogP contribution in [0.15, 0.2) is 35.6 Å². The number of aromatic nitrogens is 2. The number of benzene rings is 1. The Hall–Kier alpha value is -3.14. The van der Waals surface area contributed by atoms with Gasteiger partial charge in [-0.3, -0.25) is 4.79 Å². The number of aliphatic imine (C=N–C) groups is 1. The number of amidine groups is 1. The molecule has 2 aliphatic heterocycles. The first-order valence-corrected chi connectivity index (χ1v) is 10.2. The summed E-state index contributed by atoms with van der Waals surface area (Å²) in [5, 5.41) is 0. The van der Waals surface area contributed by atoms with Crippen LogP contribution in [0.25, 0.3) is 0 Å². The van der Waals surface area contributed by atoms with Gasteiger partial charge in [0.15, 0.2) is 5.78 Å². The third kappa shape index (κ3) is 4.02. The molecule has 1 saturated heterocycles. The molecule has 2 aromatic rings. The van der Waals surface area contributed by atoms with Crippen molar-refractivity contribution in [2.75, 3.05) is 20.4 Å². The maximum absolute atomic E-state index is 15.0. The highest BCUT2D eigenvalue weighted by Crippen LogP contribution is 2.45. The van der Waals surface area contributed by atoms with Crippen molar-refractivity contribution >= 4 is 11.8 Å². The first kappa shape index (κ1) is 22.1. The highest BCUT2D eigenvalue weighted by molar-refractivity contribution is 5.95. The number of hydrogen-bond donors (Lipinski definition) is 1. The number of carbonyl (C=O) groups is 1. The number of methoxy groups -OCH3 is 1. The van der Waals surface area contributed by atoms with Gasteiger partial charge in [0.25, 0.3) is 6.02 Å². The van der Waals surface area contributed by atoms with E-state index in [4.69, 9.17) is 19.9 Å². The quantitative estimate of drug-likeness (QED) is 0.679. The Balaban J connectivity index is 1.67. The van der Waals surface area contributed by atoms with E-state index in [-0.39, 0.29) is 48.1 Å². The molecule has 4 atom stereocenters. The van der Waals surface area contributed by atoms with Crippen LogP contribution in [-0.2, 0) is 21.4 Å². The van der Waals surface area contributed by atoms with E-state index >= 15 is 4.39 Å². The minimum absolute atomic E-state index is 0.0190. The van der Waals surface area contributed by atoms with E-state index in [0.717, 1.165) is 0 Å². The Morgan fingerprint density at radius 2 is 2.16 bits per heavy atom. The number of rotatable bonds is 6. The van der Waals surface area contributed by atoms with Crippen LogP contribution in [0.2, 0.25) is 0 Å². The molecular weight excluding hydrogens is 422 g/mol. The van der Waals surface area contributed by atoms with E-state index in [2.05, 4.69) is 15.0 Å². The zero-order valence-corrected chi connectivity index (χ0v) is 17.8. The fourth-order valence-corrected chi connectivity index (χ4v) is 4.29. The second-order valence-corrected chi connectivity index (χ2v) is 8.01. The molecule has 0 aliphatic carbocycles. The molecule has 170 valence electrons. The van der Waals surface area contributed by atoms with Gasteiger partial charge in [-0.1, -0.05) is 6.07 Å². The maximum Gasteiger partial charge on any atom is 0.283 e. The summed E-state index contributed by atoms with van der Waals surface area (Å²) < 4.78 is 45.9. The number of Topliss-reactive ketones (excluding diaryl/α,β-unsaturated/α-hetero) is 1. The van der Waals surface area contributed by atoms with Crippen molar-refractivity contribution < 1.29 is 27.8 Å². The number of nitrogens with two attached hydrogens (primary N) is 1. The Bertz CT molecular complexity index is 1030. The predicted molar refractivity (Wildman–Crippen MR) is 111 cm³/mol. The average molecular weight is 446 g/mol. The smallest absolute Gasteiger partial charge is 0.283 e. The highest BCUT2D eigenvalue weighted by Gasteiger charge is 2.52. The summed E-state index contributed by atoms with van der Waals surface area (Å²) in [7, 11) is 1.44. The number of ketones is 1. The summed E-state index contributed by atoms with van der Waals surface area (Å²) in [6, 6.07) is 3.95. The van der Waals surface area contributed by atoms with Crippen LogP contribution in [0.1, 0.15) is 35.0 Å². The molecule has 0 bridgehead atoms. The van der Waals surface area contributed by atoms with Gasteiger partial charge in [-0.2, -0.15) is 0 Å². The molecule has 1 aromatic heterocycles. The van der Waals surface area contributed by atoms with E-state index in [1.807, 2.05) is 6.92 Å². The molecule has 32 heavy (non-hydrogen) atoms. The summed E-state index contributed by atoms with van der Waals surface area (Å²) in [6.07, 6.45) is 2.51. The number of ether oxygens (including phenoxy) is 3. The van der Waals surface area contributed by atoms with Gasteiger partial charge in [0.1, 0.15) is 29.8 Å². The molecule has 0 radical (unpaired) electrons. The monoisotopic (exact) mass is 446 g/mol. The van der Waals surface area contributed by atoms with Gasteiger partial charge in [-0.25, -0.2) is 23.7 Å². The second-order valence-electron chi connectivity index (χ2n) is 8.01. The zero-order chi connectivity index (χ0) is 22.9. The van der Waals surface area contributed by atoms with E-state index < -0.39 is 30.1 Å². The van der Waals surface area contributed by atoms with Crippen LogP contribution in [-0.4, -0.2) is 54.4 Å².